The largest absolute Gasteiger partial charge is 0.508 e. The van der Waals surface area contributed by atoms with E-state index < -0.39 is 10.1 Å². The molecule has 2 aromatic carbocycles. The Hall–Kier alpha value is -2.31. The van der Waals surface area contributed by atoms with Gasteiger partial charge in [-0.2, -0.15) is 8.42 Å². The summed E-state index contributed by atoms with van der Waals surface area (Å²) in [6.07, 6.45) is 3.34. The Labute approximate surface area is 116 Å². The number of phenols is 2. The molecule has 3 N–H and O–H groups in total. The van der Waals surface area contributed by atoms with E-state index in [1.807, 2.05) is 0 Å². The Kier molecular flexibility index (Phi) is 3.78. The minimum Gasteiger partial charge on any atom is -0.508 e. The van der Waals surface area contributed by atoms with Crippen LogP contribution in [0.15, 0.2) is 47.4 Å². The average molecular weight is 292 g/mol. The van der Waals surface area contributed by atoms with Crippen molar-refractivity contribution in [2.24, 2.45) is 0 Å². The van der Waals surface area contributed by atoms with Gasteiger partial charge in [0.05, 0.1) is 4.90 Å². The molecule has 5 nitrogen and oxygen atoms in total. The maximum Gasteiger partial charge on any atom is 0.294 e. The van der Waals surface area contributed by atoms with Gasteiger partial charge in [0.2, 0.25) is 0 Å². The lowest BCUT2D eigenvalue weighted by Crippen LogP contribution is -1.97. The fraction of sp³-hybridized carbons (Fsp3) is 0. The van der Waals surface area contributed by atoms with Gasteiger partial charge in [-0.15, -0.1) is 0 Å². The van der Waals surface area contributed by atoms with E-state index in [1.54, 1.807) is 12.2 Å². The van der Waals surface area contributed by atoms with Crippen LogP contribution in [0.2, 0.25) is 0 Å². The van der Waals surface area contributed by atoms with Crippen LogP contribution in [0, 0.1) is 0 Å². The molecule has 0 heterocycles. The molecule has 0 amide bonds. The van der Waals surface area contributed by atoms with Crippen molar-refractivity contribution in [1.29, 1.82) is 0 Å². The van der Waals surface area contributed by atoms with Crippen LogP contribution in [0.25, 0.3) is 12.2 Å². The second-order valence-electron chi connectivity index (χ2n) is 4.16. The molecule has 0 aliphatic carbocycles. The van der Waals surface area contributed by atoms with Crippen LogP contribution in [-0.4, -0.2) is 23.2 Å². The first-order valence-corrected chi connectivity index (χ1v) is 7.07. The SMILES string of the molecule is O=S(=O)(O)c1ccc(/C=C/c2cc(O)cc(O)c2)cc1. The molecule has 0 radical (unpaired) electrons. The first kappa shape index (κ1) is 14.1. The van der Waals surface area contributed by atoms with E-state index in [4.69, 9.17) is 4.55 Å². The first-order chi connectivity index (χ1) is 9.34. The van der Waals surface area contributed by atoms with Crippen molar-refractivity contribution < 1.29 is 23.2 Å². The fourth-order valence-corrected chi connectivity index (χ4v) is 2.14. The van der Waals surface area contributed by atoms with Gasteiger partial charge >= 0.3 is 0 Å². The fourth-order valence-electron chi connectivity index (χ4n) is 1.66. The topological polar surface area (TPSA) is 94.8 Å². The molecular formula is C14H12O5S. The zero-order chi connectivity index (χ0) is 14.8. The molecule has 0 unspecified atom stereocenters. The van der Waals surface area contributed by atoms with Crippen molar-refractivity contribution >= 4 is 22.3 Å². The molecular weight excluding hydrogens is 280 g/mol. The Morgan fingerprint density at radius 3 is 1.80 bits per heavy atom. The number of hydrogen-bond donors (Lipinski definition) is 3. The third-order valence-corrected chi connectivity index (χ3v) is 3.44. The lowest BCUT2D eigenvalue weighted by molar-refractivity contribution is 0.450. The van der Waals surface area contributed by atoms with E-state index >= 15 is 0 Å². The van der Waals surface area contributed by atoms with E-state index in [9.17, 15) is 18.6 Å². The Morgan fingerprint density at radius 1 is 0.800 bits per heavy atom. The minimum atomic E-state index is -4.19. The quantitative estimate of drug-likeness (QED) is 0.597. The molecule has 0 fully saturated rings. The maximum absolute atomic E-state index is 10.9. The summed E-state index contributed by atoms with van der Waals surface area (Å²) in [7, 11) is -4.19. The van der Waals surface area contributed by atoms with Crippen LogP contribution in [0.1, 0.15) is 11.1 Å². The second-order valence-corrected chi connectivity index (χ2v) is 5.58. The molecule has 0 aliphatic rings. The van der Waals surface area contributed by atoms with Gasteiger partial charge in [-0.25, -0.2) is 0 Å². The third kappa shape index (κ3) is 3.59. The smallest absolute Gasteiger partial charge is 0.294 e. The summed E-state index contributed by atoms with van der Waals surface area (Å²) in [5.41, 5.74) is 1.31. The second kappa shape index (κ2) is 5.36. The van der Waals surface area contributed by atoms with Crippen LogP contribution in [0.5, 0.6) is 11.5 Å². The van der Waals surface area contributed by atoms with Crippen molar-refractivity contribution in [3.8, 4) is 11.5 Å². The van der Waals surface area contributed by atoms with Gasteiger partial charge in [0, 0.05) is 6.07 Å². The molecule has 6 heteroatoms. The standard InChI is InChI=1S/C14H12O5S/c15-12-7-11(8-13(16)9-12)2-1-10-3-5-14(6-4-10)20(17,18)19/h1-9,15-16H,(H,17,18,19)/b2-1+. The van der Waals surface area contributed by atoms with E-state index in [0.717, 1.165) is 0 Å². The molecule has 0 spiro atoms. The third-order valence-electron chi connectivity index (χ3n) is 2.57. The highest BCUT2D eigenvalue weighted by Crippen LogP contribution is 2.22. The number of benzene rings is 2. The molecule has 20 heavy (non-hydrogen) atoms. The molecule has 0 aromatic heterocycles. The van der Waals surface area contributed by atoms with Crippen LogP contribution in [0.4, 0.5) is 0 Å². The first-order valence-electron chi connectivity index (χ1n) is 5.63. The summed E-state index contributed by atoms with van der Waals surface area (Å²) in [6, 6.07) is 9.80. The normalized spacial score (nSPS) is 11.8. The van der Waals surface area contributed by atoms with Crippen LogP contribution in [0.3, 0.4) is 0 Å². The maximum atomic E-state index is 10.9. The molecule has 0 aliphatic heterocycles. The molecule has 0 saturated carbocycles. The van der Waals surface area contributed by atoms with Gasteiger partial charge in [-0.05, 0) is 35.4 Å². The summed E-state index contributed by atoms with van der Waals surface area (Å²) in [5.74, 6) is -0.0993. The predicted octanol–water partition coefficient (Wildman–Crippen LogP) is 2.51. The Bertz CT molecular complexity index is 725. The van der Waals surface area contributed by atoms with E-state index in [-0.39, 0.29) is 16.4 Å². The van der Waals surface area contributed by atoms with Crippen molar-refractivity contribution in [1.82, 2.24) is 0 Å². The minimum absolute atomic E-state index is 0.0497. The van der Waals surface area contributed by atoms with Crippen molar-refractivity contribution in [3.63, 3.8) is 0 Å². The molecule has 0 saturated heterocycles. The van der Waals surface area contributed by atoms with Gasteiger partial charge in [-0.3, -0.25) is 4.55 Å². The summed E-state index contributed by atoms with van der Waals surface area (Å²) < 4.78 is 30.6. The molecule has 0 bridgehead atoms. The van der Waals surface area contributed by atoms with Gasteiger partial charge in [0.25, 0.3) is 10.1 Å². The monoisotopic (exact) mass is 292 g/mol. The lowest BCUT2D eigenvalue weighted by Gasteiger charge is -1.99. The highest BCUT2D eigenvalue weighted by molar-refractivity contribution is 7.85. The van der Waals surface area contributed by atoms with E-state index in [0.29, 0.717) is 11.1 Å². The molecule has 104 valence electrons. The zero-order valence-electron chi connectivity index (χ0n) is 10.3. The molecule has 2 rings (SSSR count). The highest BCUT2D eigenvalue weighted by atomic mass is 32.2. The summed E-state index contributed by atoms with van der Waals surface area (Å²) in [5, 5.41) is 18.7. The van der Waals surface area contributed by atoms with Crippen molar-refractivity contribution in [2.45, 2.75) is 4.90 Å². The number of rotatable bonds is 3. The zero-order valence-corrected chi connectivity index (χ0v) is 11.1. The predicted molar refractivity (Wildman–Crippen MR) is 75.0 cm³/mol. The molecule has 2 aromatic rings. The number of phenolic OH excluding ortho intramolecular Hbond substituents is 2. The Balaban J connectivity index is 2.23. The summed E-state index contributed by atoms with van der Waals surface area (Å²) >= 11 is 0. The molecule has 0 atom stereocenters. The van der Waals surface area contributed by atoms with Gasteiger partial charge in [0.15, 0.2) is 0 Å². The van der Waals surface area contributed by atoms with Crippen LogP contribution >= 0.6 is 0 Å². The number of hydrogen-bond acceptors (Lipinski definition) is 4. The summed E-state index contributed by atoms with van der Waals surface area (Å²) in [4.78, 5) is -0.176. The highest BCUT2D eigenvalue weighted by Gasteiger charge is 2.07. The lowest BCUT2D eigenvalue weighted by atomic mass is 10.1. The average Bonchev–Trinajstić information content (AvgIpc) is 2.35. The number of aromatic hydroxyl groups is 2. The van der Waals surface area contributed by atoms with Crippen molar-refractivity contribution in [2.75, 3.05) is 0 Å². The van der Waals surface area contributed by atoms with E-state index in [2.05, 4.69) is 0 Å². The van der Waals surface area contributed by atoms with E-state index in [1.165, 1.54) is 42.5 Å². The van der Waals surface area contributed by atoms with Gasteiger partial charge < -0.3 is 10.2 Å². The van der Waals surface area contributed by atoms with Crippen molar-refractivity contribution in [3.05, 3.63) is 53.6 Å². The Morgan fingerprint density at radius 2 is 1.30 bits per heavy atom. The van der Waals surface area contributed by atoms with Gasteiger partial charge in [-0.1, -0.05) is 24.3 Å². The van der Waals surface area contributed by atoms with Gasteiger partial charge in [0.1, 0.15) is 11.5 Å². The summed E-state index contributed by atoms with van der Waals surface area (Å²) in [6.45, 7) is 0. The van der Waals surface area contributed by atoms with Crippen LogP contribution in [-0.2, 0) is 10.1 Å². The van der Waals surface area contributed by atoms with Crippen LogP contribution < -0.4 is 0 Å².